The van der Waals surface area contributed by atoms with Crippen LogP contribution < -0.4 is 10.9 Å². The summed E-state index contributed by atoms with van der Waals surface area (Å²) in [7, 11) is 0.508. The standard InChI is InChI=1S/C23H35N7O4S/c1-23(32)10-4-5-19(23)30-20(31)7-6-16-13-24-22(26-21(16)30)25-17-8-11-28(12-9-17)35(33,34)29-14-18(15-29)27(2)3/h6-7,13,17-19,32H,4-5,8-12,14-15H2,1-3H3,(H,24,25,26)/t19-,23-/m1/s1. The number of hydrogen-bond acceptors (Lipinski definition) is 8. The normalized spacial score (nSPS) is 27.5. The predicted molar refractivity (Wildman–Crippen MR) is 133 cm³/mol. The number of hydrogen-bond donors (Lipinski definition) is 2. The number of nitrogens with zero attached hydrogens (tertiary/aromatic N) is 6. The summed E-state index contributed by atoms with van der Waals surface area (Å²) in [6.07, 6.45) is 5.19. The summed E-state index contributed by atoms with van der Waals surface area (Å²) in [6, 6.07) is 3.19. The highest BCUT2D eigenvalue weighted by Gasteiger charge is 2.41. The van der Waals surface area contributed by atoms with Crippen LogP contribution in [0.3, 0.4) is 0 Å². The average Bonchev–Trinajstić information content (AvgIpc) is 3.11. The second-order valence-electron chi connectivity index (χ2n) is 10.5. The van der Waals surface area contributed by atoms with Gasteiger partial charge in [0.15, 0.2) is 0 Å². The van der Waals surface area contributed by atoms with E-state index in [1.165, 1.54) is 6.07 Å². The molecular weight excluding hydrogens is 470 g/mol. The zero-order valence-corrected chi connectivity index (χ0v) is 21.4. The lowest BCUT2D eigenvalue weighted by Crippen LogP contribution is -2.62. The van der Waals surface area contributed by atoms with Crippen LogP contribution in [0.1, 0.15) is 45.1 Å². The van der Waals surface area contributed by atoms with E-state index in [9.17, 15) is 18.3 Å². The second kappa shape index (κ2) is 9.07. The summed E-state index contributed by atoms with van der Waals surface area (Å²) in [5.74, 6) is 0.410. The molecule has 2 N–H and O–H groups in total. The Morgan fingerprint density at radius 1 is 1.14 bits per heavy atom. The average molecular weight is 506 g/mol. The van der Waals surface area contributed by atoms with Crippen LogP contribution in [0.15, 0.2) is 23.1 Å². The number of anilines is 1. The SMILES string of the molecule is CN(C)C1CN(S(=O)(=O)N2CCC(Nc3ncc4ccc(=O)n([C@@H]5CCC[C@@]5(C)O)c4n3)CC2)C1. The van der Waals surface area contributed by atoms with Crippen molar-refractivity contribution in [2.45, 2.75) is 62.8 Å². The van der Waals surface area contributed by atoms with Crippen LogP contribution in [0, 0.1) is 0 Å². The van der Waals surface area contributed by atoms with Crippen LogP contribution in [0.5, 0.6) is 0 Å². The minimum Gasteiger partial charge on any atom is -0.388 e. The molecule has 3 aliphatic rings. The van der Waals surface area contributed by atoms with E-state index in [0.717, 1.165) is 18.2 Å². The van der Waals surface area contributed by atoms with Crippen LogP contribution in [0.2, 0.25) is 0 Å². The molecule has 1 saturated carbocycles. The monoisotopic (exact) mass is 505 g/mol. The molecular formula is C23H35N7O4S. The van der Waals surface area contributed by atoms with Gasteiger partial charge in [0, 0.05) is 55.9 Å². The third kappa shape index (κ3) is 4.57. The number of pyridine rings is 1. The van der Waals surface area contributed by atoms with Gasteiger partial charge in [0.2, 0.25) is 5.95 Å². The predicted octanol–water partition coefficient (Wildman–Crippen LogP) is 0.634. The van der Waals surface area contributed by atoms with Gasteiger partial charge in [0.05, 0.1) is 11.6 Å². The fourth-order valence-electron chi connectivity index (χ4n) is 5.46. The largest absolute Gasteiger partial charge is 0.388 e. The van der Waals surface area contributed by atoms with E-state index in [-0.39, 0.29) is 23.7 Å². The fraction of sp³-hybridized carbons (Fsp3) is 0.696. The maximum atomic E-state index is 12.9. The topological polar surface area (TPSA) is 124 Å². The van der Waals surface area contributed by atoms with Crippen LogP contribution in [0.25, 0.3) is 11.0 Å². The second-order valence-corrected chi connectivity index (χ2v) is 12.5. The van der Waals surface area contributed by atoms with E-state index in [4.69, 9.17) is 0 Å². The van der Waals surface area contributed by atoms with Gasteiger partial charge < -0.3 is 15.3 Å². The highest BCUT2D eigenvalue weighted by Crippen LogP contribution is 2.39. The van der Waals surface area contributed by atoms with Gasteiger partial charge in [-0.05, 0) is 59.2 Å². The lowest BCUT2D eigenvalue weighted by atomic mass is 10.00. The minimum absolute atomic E-state index is 0.0308. The van der Waals surface area contributed by atoms with Crippen LogP contribution in [-0.4, -0.2) is 99.5 Å². The first-order valence-corrected chi connectivity index (χ1v) is 13.7. The molecule has 0 bridgehead atoms. The molecule has 0 radical (unpaired) electrons. The summed E-state index contributed by atoms with van der Waals surface area (Å²) in [4.78, 5) is 23.9. The van der Waals surface area contributed by atoms with Crippen molar-refractivity contribution in [3.63, 3.8) is 0 Å². The Hall–Kier alpha value is -2.12. The van der Waals surface area contributed by atoms with E-state index in [1.54, 1.807) is 32.4 Å². The number of fused-ring (bicyclic) bond motifs is 1. The molecule has 2 atom stereocenters. The molecule has 0 aromatic carbocycles. The maximum absolute atomic E-state index is 12.9. The molecule has 0 spiro atoms. The Kier molecular flexibility index (Phi) is 6.37. The van der Waals surface area contributed by atoms with Gasteiger partial charge in [0.25, 0.3) is 15.8 Å². The summed E-state index contributed by atoms with van der Waals surface area (Å²) in [6.45, 7) is 3.72. The van der Waals surface area contributed by atoms with Crippen LogP contribution in [0.4, 0.5) is 5.95 Å². The Labute approximate surface area is 205 Å². The van der Waals surface area contributed by atoms with E-state index in [1.807, 2.05) is 14.1 Å². The number of rotatable bonds is 6. The lowest BCUT2D eigenvalue weighted by molar-refractivity contribution is 0.0267. The van der Waals surface area contributed by atoms with Crippen molar-refractivity contribution in [3.8, 4) is 0 Å². The Morgan fingerprint density at radius 3 is 2.49 bits per heavy atom. The van der Waals surface area contributed by atoms with Crippen LogP contribution >= 0.6 is 0 Å². The van der Waals surface area contributed by atoms with Crippen molar-refractivity contribution in [2.24, 2.45) is 0 Å². The summed E-state index contributed by atoms with van der Waals surface area (Å²) < 4.78 is 30.6. The van der Waals surface area contributed by atoms with Crippen molar-refractivity contribution >= 4 is 27.2 Å². The molecule has 2 saturated heterocycles. The third-order valence-electron chi connectivity index (χ3n) is 7.86. The van der Waals surface area contributed by atoms with Crippen molar-refractivity contribution < 1.29 is 13.5 Å². The number of likely N-dealkylation sites (N-methyl/N-ethyl adjacent to an activating group) is 1. The lowest BCUT2D eigenvalue weighted by Gasteiger charge is -2.44. The summed E-state index contributed by atoms with van der Waals surface area (Å²) >= 11 is 0. The van der Waals surface area contributed by atoms with Gasteiger partial charge in [-0.3, -0.25) is 9.36 Å². The van der Waals surface area contributed by atoms with Crippen molar-refractivity contribution in [1.29, 1.82) is 0 Å². The molecule has 2 aromatic rings. The molecule has 2 aromatic heterocycles. The van der Waals surface area contributed by atoms with Gasteiger partial charge in [-0.25, -0.2) is 4.98 Å². The zero-order chi connectivity index (χ0) is 25.0. The van der Waals surface area contributed by atoms with Crippen molar-refractivity contribution in [2.75, 3.05) is 45.6 Å². The minimum atomic E-state index is -3.43. The number of aliphatic hydroxyl groups is 1. The first kappa shape index (κ1) is 24.6. The van der Waals surface area contributed by atoms with E-state index in [2.05, 4.69) is 20.2 Å². The molecule has 192 valence electrons. The van der Waals surface area contributed by atoms with E-state index < -0.39 is 15.8 Å². The molecule has 3 fully saturated rings. The molecule has 11 nitrogen and oxygen atoms in total. The number of aromatic nitrogens is 3. The quantitative estimate of drug-likeness (QED) is 0.586. The molecule has 35 heavy (non-hydrogen) atoms. The molecule has 0 amide bonds. The molecule has 4 heterocycles. The molecule has 12 heteroatoms. The van der Waals surface area contributed by atoms with Gasteiger partial charge >= 0.3 is 0 Å². The fourth-order valence-corrected chi connectivity index (χ4v) is 7.18. The van der Waals surface area contributed by atoms with E-state index in [0.29, 0.717) is 57.0 Å². The van der Waals surface area contributed by atoms with Gasteiger partial charge in [-0.1, -0.05) is 0 Å². The van der Waals surface area contributed by atoms with Gasteiger partial charge in [-0.15, -0.1) is 0 Å². The first-order valence-electron chi connectivity index (χ1n) is 12.3. The highest BCUT2D eigenvalue weighted by atomic mass is 32.2. The van der Waals surface area contributed by atoms with E-state index >= 15 is 0 Å². The Balaban J connectivity index is 1.28. The highest BCUT2D eigenvalue weighted by molar-refractivity contribution is 7.86. The third-order valence-corrected chi connectivity index (χ3v) is 9.82. The Morgan fingerprint density at radius 2 is 1.86 bits per heavy atom. The molecule has 5 rings (SSSR count). The number of nitrogens with one attached hydrogen (secondary N) is 1. The smallest absolute Gasteiger partial charge is 0.282 e. The van der Waals surface area contributed by atoms with Gasteiger partial charge in [-0.2, -0.15) is 22.0 Å². The van der Waals surface area contributed by atoms with Crippen molar-refractivity contribution in [3.05, 3.63) is 28.7 Å². The van der Waals surface area contributed by atoms with Gasteiger partial charge in [0.1, 0.15) is 5.65 Å². The Bertz CT molecular complexity index is 1250. The number of piperidine rings is 1. The maximum Gasteiger partial charge on any atom is 0.282 e. The molecule has 0 unspecified atom stereocenters. The molecule has 1 aliphatic carbocycles. The molecule has 2 aliphatic heterocycles. The summed E-state index contributed by atoms with van der Waals surface area (Å²) in [5, 5.41) is 14.9. The summed E-state index contributed by atoms with van der Waals surface area (Å²) in [5.41, 5.74) is -0.636. The van der Waals surface area contributed by atoms with Crippen LogP contribution in [-0.2, 0) is 10.2 Å². The first-order chi connectivity index (χ1) is 16.6. The zero-order valence-electron chi connectivity index (χ0n) is 20.6. The van der Waals surface area contributed by atoms with Crippen molar-refractivity contribution in [1.82, 2.24) is 28.0 Å².